The molecule has 2 aliphatic rings. The number of Topliss-reactive ketones (excluding diaryl/α,β-unsaturated/α-hetero) is 1. The maximum Gasteiger partial charge on any atom is 0.257 e. The Bertz CT molecular complexity index is 993. The molecule has 2 heterocycles. The molecule has 1 aliphatic carbocycles. The number of carbonyl (C=O) groups excluding carboxylic acids is 3. The van der Waals surface area contributed by atoms with E-state index in [0.717, 1.165) is 29.8 Å². The molecule has 0 saturated carbocycles. The fourth-order valence-corrected chi connectivity index (χ4v) is 4.85. The van der Waals surface area contributed by atoms with E-state index in [1.54, 1.807) is 11.0 Å². The molecule has 0 atom stereocenters. The van der Waals surface area contributed by atoms with E-state index in [4.69, 9.17) is 0 Å². The number of hydrogen-bond acceptors (Lipinski definition) is 5. The predicted octanol–water partition coefficient (Wildman–Crippen LogP) is 3.85. The largest absolute Gasteiger partial charge is 0.312 e. The lowest BCUT2D eigenvalue weighted by Gasteiger charge is -2.26. The smallest absolute Gasteiger partial charge is 0.257 e. The average Bonchev–Trinajstić information content (AvgIpc) is 3.23. The van der Waals surface area contributed by atoms with Gasteiger partial charge in [0.15, 0.2) is 10.9 Å². The number of nitrogens with zero attached hydrogens (tertiary/aromatic N) is 2. The molecule has 0 unspecified atom stereocenters. The van der Waals surface area contributed by atoms with Crippen LogP contribution in [0.15, 0.2) is 18.2 Å². The Morgan fingerprint density at radius 3 is 2.82 bits per heavy atom. The van der Waals surface area contributed by atoms with Gasteiger partial charge in [0.05, 0.1) is 10.6 Å². The summed E-state index contributed by atoms with van der Waals surface area (Å²) < 4.78 is 0. The summed E-state index contributed by atoms with van der Waals surface area (Å²) in [7, 11) is 0. The lowest BCUT2D eigenvalue weighted by molar-refractivity contribution is -0.118. The minimum atomic E-state index is -0.249. The Morgan fingerprint density at radius 2 is 2.07 bits per heavy atom. The monoisotopic (exact) mass is 397 g/mol. The number of amides is 2. The van der Waals surface area contributed by atoms with Crippen molar-refractivity contribution in [3.63, 3.8) is 0 Å². The van der Waals surface area contributed by atoms with Gasteiger partial charge in [-0.1, -0.05) is 32.1 Å². The van der Waals surface area contributed by atoms with Crippen LogP contribution in [0.25, 0.3) is 0 Å². The van der Waals surface area contributed by atoms with E-state index in [2.05, 4.69) is 24.1 Å². The Hall–Kier alpha value is -2.54. The third-order valence-corrected chi connectivity index (χ3v) is 6.35. The van der Waals surface area contributed by atoms with Gasteiger partial charge < -0.3 is 4.90 Å². The van der Waals surface area contributed by atoms with Crippen molar-refractivity contribution in [1.29, 1.82) is 0 Å². The molecule has 6 nitrogen and oxygen atoms in total. The Morgan fingerprint density at radius 1 is 1.29 bits per heavy atom. The molecule has 1 aromatic carbocycles. The minimum absolute atomic E-state index is 0.0944. The highest BCUT2D eigenvalue weighted by atomic mass is 32.1. The van der Waals surface area contributed by atoms with Crippen molar-refractivity contribution in [1.82, 2.24) is 4.98 Å². The van der Waals surface area contributed by atoms with E-state index >= 15 is 0 Å². The van der Waals surface area contributed by atoms with E-state index in [1.165, 1.54) is 11.3 Å². The van der Waals surface area contributed by atoms with Gasteiger partial charge in [-0.2, -0.15) is 0 Å². The van der Waals surface area contributed by atoms with Crippen molar-refractivity contribution in [3.05, 3.63) is 39.9 Å². The zero-order valence-corrected chi connectivity index (χ0v) is 17.1. The summed E-state index contributed by atoms with van der Waals surface area (Å²) in [6.45, 7) is 6.62. The van der Waals surface area contributed by atoms with Gasteiger partial charge in [-0.25, -0.2) is 4.98 Å². The zero-order chi connectivity index (χ0) is 20.1. The van der Waals surface area contributed by atoms with Crippen LogP contribution in [0.5, 0.6) is 0 Å². The van der Waals surface area contributed by atoms with Gasteiger partial charge in [-0.15, -0.1) is 0 Å². The van der Waals surface area contributed by atoms with Gasteiger partial charge in [0.2, 0.25) is 5.91 Å². The fraction of sp³-hybridized carbons (Fsp3) is 0.429. The minimum Gasteiger partial charge on any atom is -0.312 e. The third-order valence-electron chi connectivity index (χ3n) is 5.30. The summed E-state index contributed by atoms with van der Waals surface area (Å²) in [4.78, 5) is 44.0. The molecule has 1 N–H and O–H groups in total. The molecular formula is C21H23N3O3S. The quantitative estimate of drug-likeness (QED) is 0.853. The lowest BCUT2D eigenvalue weighted by atomic mass is 9.78. The number of benzene rings is 1. The third kappa shape index (κ3) is 3.35. The van der Waals surface area contributed by atoms with Crippen molar-refractivity contribution in [2.24, 2.45) is 5.41 Å². The van der Waals surface area contributed by atoms with Crippen LogP contribution in [-0.4, -0.2) is 29.1 Å². The molecule has 7 heteroatoms. The summed E-state index contributed by atoms with van der Waals surface area (Å²) in [6.07, 6.45) is 2.46. The second-order valence-corrected chi connectivity index (χ2v) is 9.18. The van der Waals surface area contributed by atoms with E-state index in [9.17, 15) is 14.4 Å². The van der Waals surface area contributed by atoms with Crippen LogP contribution >= 0.6 is 11.3 Å². The molecule has 28 heavy (non-hydrogen) atoms. The first-order valence-electron chi connectivity index (χ1n) is 9.55. The first kappa shape index (κ1) is 18.8. The number of thiazole rings is 1. The van der Waals surface area contributed by atoms with Crippen molar-refractivity contribution >= 4 is 39.8 Å². The fourth-order valence-electron chi connectivity index (χ4n) is 3.94. The van der Waals surface area contributed by atoms with Gasteiger partial charge in [0.1, 0.15) is 0 Å². The van der Waals surface area contributed by atoms with Crippen molar-refractivity contribution in [2.45, 2.75) is 46.5 Å². The molecule has 146 valence electrons. The Labute approximate surface area is 168 Å². The topological polar surface area (TPSA) is 79.4 Å². The average molecular weight is 398 g/mol. The SMILES string of the molecule is CCC(=O)N1CCc2cc(C(=O)Nc3nc4c(s3)C(=O)CC(C)(C)C4)ccc21. The second kappa shape index (κ2) is 6.81. The van der Waals surface area contributed by atoms with E-state index in [0.29, 0.717) is 35.0 Å². The molecular weight excluding hydrogens is 374 g/mol. The van der Waals surface area contributed by atoms with Crippen molar-refractivity contribution in [3.8, 4) is 0 Å². The molecule has 0 fully saturated rings. The van der Waals surface area contributed by atoms with E-state index < -0.39 is 0 Å². The summed E-state index contributed by atoms with van der Waals surface area (Å²) in [6, 6.07) is 5.41. The molecule has 0 radical (unpaired) electrons. The molecule has 0 spiro atoms. The number of anilines is 2. The standard InChI is InChI=1S/C21H23N3O3S/c1-4-17(26)24-8-7-12-9-13(5-6-15(12)24)19(27)23-20-22-14-10-21(2,3)11-16(25)18(14)28-20/h5-6,9H,4,7-8,10-11H2,1-3H3,(H,22,23,27). The Kier molecular flexibility index (Phi) is 4.57. The van der Waals surface area contributed by atoms with E-state index in [1.807, 2.05) is 19.1 Å². The highest BCUT2D eigenvalue weighted by Crippen LogP contribution is 2.38. The Balaban J connectivity index is 1.53. The molecule has 4 rings (SSSR count). The molecule has 2 aromatic rings. The van der Waals surface area contributed by atoms with Crippen LogP contribution in [0.4, 0.5) is 10.8 Å². The summed E-state index contributed by atoms with van der Waals surface area (Å²) in [5.74, 6) is -0.0553. The van der Waals surface area contributed by atoms with Gasteiger partial charge in [-0.05, 0) is 42.0 Å². The first-order chi connectivity index (χ1) is 13.3. The zero-order valence-electron chi connectivity index (χ0n) is 16.3. The number of aromatic nitrogens is 1. The summed E-state index contributed by atoms with van der Waals surface area (Å²) in [5, 5.41) is 3.30. The van der Waals surface area contributed by atoms with Crippen LogP contribution in [0.1, 0.15) is 64.9 Å². The maximum atomic E-state index is 12.7. The second-order valence-electron chi connectivity index (χ2n) is 8.18. The number of ketones is 1. The number of rotatable bonds is 3. The van der Waals surface area contributed by atoms with Gasteiger partial charge in [-0.3, -0.25) is 19.7 Å². The highest BCUT2D eigenvalue weighted by molar-refractivity contribution is 7.17. The molecule has 1 aromatic heterocycles. The van der Waals surface area contributed by atoms with Gasteiger partial charge in [0, 0.05) is 30.6 Å². The normalized spacial score (nSPS) is 17.2. The molecule has 1 aliphatic heterocycles. The van der Waals surface area contributed by atoms with E-state index in [-0.39, 0.29) is 23.0 Å². The highest BCUT2D eigenvalue weighted by Gasteiger charge is 2.34. The summed E-state index contributed by atoms with van der Waals surface area (Å²) in [5.41, 5.74) is 3.11. The van der Waals surface area contributed by atoms with Crippen LogP contribution < -0.4 is 10.2 Å². The predicted molar refractivity (Wildman–Crippen MR) is 109 cm³/mol. The van der Waals surface area contributed by atoms with Gasteiger partial charge >= 0.3 is 0 Å². The summed E-state index contributed by atoms with van der Waals surface area (Å²) >= 11 is 1.25. The van der Waals surface area contributed by atoms with Crippen LogP contribution in [-0.2, 0) is 17.6 Å². The lowest BCUT2D eigenvalue weighted by Crippen LogP contribution is -2.27. The van der Waals surface area contributed by atoms with Crippen LogP contribution in [0, 0.1) is 5.41 Å². The maximum absolute atomic E-state index is 12.7. The van der Waals surface area contributed by atoms with Crippen molar-refractivity contribution in [2.75, 3.05) is 16.8 Å². The van der Waals surface area contributed by atoms with Crippen LogP contribution in [0.3, 0.4) is 0 Å². The number of fused-ring (bicyclic) bond motifs is 2. The van der Waals surface area contributed by atoms with Crippen LogP contribution in [0.2, 0.25) is 0 Å². The number of nitrogens with one attached hydrogen (secondary N) is 1. The molecule has 2 amide bonds. The number of hydrogen-bond donors (Lipinski definition) is 1. The number of carbonyl (C=O) groups is 3. The van der Waals surface area contributed by atoms with Gasteiger partial charge in [0.25, 0.3) is 5.91 Å². The van der Waals surface area contributed by atoms with Crippen molar-refractivity contribution < 1.29 is 14.4 Å². The molecule has 0 saturated heterocycles. The first-order valence-corrected chi connectivity index (χ1v) is 10.4. The molecule has 0 bridgehead atoms.